The van der Waals surface area contributed by atoms with E-state index in [9.17, 15) is 9.59 Å². The molecule has 5 rings (SSSR count). The number of nitrogens with zero attached hydrogens (tertiary/aromatic N) is 2. The summed E-state index contributed by atoms with van der Waals surface area (Å²) in [6.07, 6.45) is 1.61. The molecule has 7 nitrogen and oxygen atoms in total. The van der Waals surface area contributed by atoms with E-state index < -0.39 is 11.8 Å². The lowest BCUT2D eigenvalue weighted by Gasteiger charge is -2.29. The van der Waals surface area contributed by atoms with Gasteiger partial charge >= 0.3 is 0 Å². The molecule has 3 aromatic carbocycles. The highest BCUT2D eigenvalue weighted by Gasteiger charge is 2.34. The van der Waals surface area contributed by atoms with Crippen molar-refractivity contribution in [3.8, 4) is 17.2 Å². The van der Waals surface area contributed by atoms with Crippen LogP contribution in [0.2, 0.25) is 5.02 Å². The van der Waals surface area contributed by atoms with Crippen molar-refractivity contribution in [2.45, 2.75) is 20.5 Å². The number of benzene rings is 3. The number of hydrogen-bond donors (Lipinski definition) is 1. The number of amides is 2. The number of rotatable bonds is 7. The molecule has 4 aromatic rings. The molecule has 0 radical (unpaired) electrons. The Hall–Kier alpha value is -4.40. The number of aromatic nitrogens is 1. The summed E-state index contributed by atoms with van der Waals surface area (Å²) < 4.78 is 13.2. The standard InChI is InChI=1S/C31H26ClN3O4S/c1-19-16-22(17-27-29(36)33-31(40)35(30(27)37)24-8-12-25(38-3)13-9-24)20(2)34(19)23-10-14-26(15-11-23)39-18-21-6-4-5-7-28(21)32/h4-17H,18H2,1-3H3,(H,33,36,40)/b27-17+. The zero-order chi connectivity index (χ0) is 28.4. The van der Waals surface area contributed by atoms with Gasteiger partial charge in [-0.2, -0.15) is 0 Å². The van der Waals surface area contributed by atoms with Gasteiger partial charge in [-0.25, -0.2) is 0 Å². The van der Waals surface area contributed by atoms with Crippen LogP contribution in [0.25, 0.3) is 11.8 Å². The fourth-order valence-corrected chi connectivity index (χ4v) is 5.05. The van der Waals surface area contributed by atoms with Gasteiger partial charge in [0.2, 0.25) is 0 Å². The molecule has 40 heavy (non-hydrogen) atoms. The van der Waals surface area contributed by atoms with Gasteiger partial charge in [-0.1, -0.05) is 29.8 Å². The summed E-state index contributed by atoms with van der Waals surface area (Å²) in [5, 5.41) is 3.32. The molecule has 0 saturated carbocycles. The van der Waals surface area contributed by atoms with Gasteiger partial charge in [0.1, 0.15) is 23.7 Å². The number of hydrogen-bond acceptors (Lipinski definition) is 5. The molecule has 1 fully saturated rings. The lowest BCUT2D eigenvalue weighted by Crippen LogP contribution is -2.54. The Balaban J connectivity index is 1.39. The third-order valence-corrected chi connectivity index (χ3v) is 7.30. The van der Waals surface area contributed by atoms with Crippen molar-refractivity contribution < 1.29 is 19.1 Å². The number of aryl methyl sites for hydroxylation is 1. The summed E-state index contributed by atoms with van der Waals surface area (Å²) in [7, 11) is 1.56. The van der Waals surface area contributed by atoms with Gasteiger partial charge in [-0.15, -0.1) is 0 Å². The van der Waals surface area contributed by atoms with Crippen LogP contribution in [0.5, 0.6) is 11.5 Å². The first-order valence-electron chi connectivity index (χ1n) is 12.5. The second-order valence-electron chi connectivity index (χ2n) is 9.19. The van der Waals surface area contributed by atoms with E-state index in [0.29, 0.717) is 28.8 Å². The van der Waals surface area contributed by atoms with Gasteiger partial charge in [-0.3, -0.25) is 19.8 Å². The molecular formula is C31H26ClN3O4S. The maximum absolute atomic E-state index is 13.5. The molecule has 0 atom stereocenters. The summed E-state index contributed by atoms with van der Waals surface area (Å²) in [5.74, 6) is 0.326. The zero-order valence-corrected chi connectivity index (χ0v) is 23.7. The van der Waals surface area contributed by atoms with Crippen LogP contribution < -0.4 is 19.7 Å². The number of nitrogens with one attached hydrogen (secondary N) is 1. The van der Waals surface area contributed by atoms with Crippen LogP contribution in [0, 0.1) is 13.8 Å². The van der Waals surface area contributed by atoms with E-state index in [4.69, 9.17) is 33.3 Å². The molecule has 9 heteroatoms. The molecule has 1 N–H and O–H groups in total. The normalized spacial score (nSPS) is 14.4. The van der Waals surface area contributed by atoms with Gasteiger partial charge < -0.3 is 14.0 Å². The van der Waals surface area contributed by atoms with E-state index in [0.717, 1.165) is 28.2 Å². The highest BCUT2D eigenvalue weighted by Crippen LogP contribution is 2.28. The fourth-order valence-electron chi connectivity index (χ4n) is 4.58. The minimum Gasteiger partial charge on any atom is -0.497 e. The smallest absolute Gasteiger partial charge is 0.270 e. The Morgan fingerprint density at radius 2 is 1.57 bits per heavy atom. The minimum atomic E-state index is -0.537. The first-order valence-corrected chi connectivity index (χ1v) is 13.3. The van der Waals surface area contributed by atoms with Crippen LogP contribution >= 0.6 is 23.8 Å². The predicted molar refractivity (Wildman–Crippen MR) is 160 cm³/mol. The molecule has 1 aliphatic rings. The van der Waals surface area contributed by atoms with Gasteiger partial charge in [0.25, 0.3) is 11.8 Å². The molecule has 1 aliphatic heterocycles. The largest absolute Gasteiger partial charge is 0.497 e. The maximum atomic E-state index is 13.5. The molecule has 0 bridgehead atoms. The average Bonchev–Trinajstić information content (AvgIpc) is 3.23. The Bertz CT molecular complexity index is 1640. The van der Waals surface area contributed by atoms with Crippen LogP contribution in [0.15, 0.2) is 84.4 Å². The number of carbonyl (C=O) groups excluding carboxylic acids is 2. The Morgan fingerprint density at radius 3 is 2.25 bits per heavy atom. The first kappa shape index (κ1) is 27.2. The number of carbonyl (C=O) groups is 2. The minimum absolute atomic E-state index is 0.00649. The number of ether oxygens (including phenoxy) is 2. The zero-order valence-electron chi connectivity index (χ0n) is 22.1. The molecule has 1 saturated heterocycles. The average molecular weight is 572 g/mol. The van der Waals surface area contributed by atoms with Crippen LogP contribution in [0.1, 0.15) is 22.5 Å². The van der Waals surface area contributed by atoms with Crippen LogP contribution in [0.3, 0.4) is 0 Å². The highest BCUT2D eigenvalue weighted by atomic mass is 35.5. The van der Waals surface area contributed by atoms with Crippen molar-refractivity contribution in [1.29, 1.82) is 0 Å². The summed E-state index contributed by atoms with van der Waals surface area (Å²) >= 11 is 11.5. The van der Waals surface area contributed by atoms with Crippen molar-refractivity contribution in [3.63, 3.8) is 0 Å². The van der Waals surface area contributed by atoms with E-state index in [1.165, 1.54) is 4.90 Å². The van der Waals surface area contributed by atoms with E-state index in [1.807, 2.05) is 68.4 Å². The third-order valence-electron chi connectivity index (χ3n) is 6.65. The van der Waals surface area contributed by atoms with Crippen molar-refractivity contribution in [2.75, 3.05) is 12.0 Å². The fraction of sp³-hybridized carbons (Fsp3) is 0.129. The van der Waals surface area contributed by atoms with Gasteiger partial charge in [0, 0.05) is 27.7 Å². The molecule has 0 unspecified atom stereocenters. The van der Waals surface area contributed by atoms with Crippen molar-refractivity contribution in [1.82, 2.24) is 9.88 Å². The van der Waals surface area contributed by atoms with Crippen molar-refractivity contribution in [3.05, 3.63) is 112 Å². The van der Waals surface area contributed by atoms with Crippen molar-refractivity contribution in [2.24, 2.45) is 0 Å². The number of thiocarbonyl (C=S) groups is 1. The predicted octanol–water partition coefficient (Wildman–Crippen LogP) is 6.17. The molecular weight excluding hydrogens is 546 g/mol. The number of anilines is 1. The van der Waals surface area contributed by atoms with Crippen LogP contribution in [-0.4, -0.2) is 28.6 Å². The van der Waals surface area contributed by atoms with E-state index in [2.05, 4.69) is 9.88 Å². The van der Waals surface area contributed by atoms with Gasteiger partial charge in [0.15, 0.2) is 5.11 Å². The van der Waals surface area contributed by atoms with Gasteiger partial charge in [0.05, 0.1) is 12.8 Å². The molecule has 2 heterocycles. The number of methoxy groups -OCH3 is 1. The summed E-state index contributed by atoms with van der Waals surface area (Å²) in [6.45, 7) is 4.28. The number of halogens is 1. The van der Waals surface area contributed by atoms with Crippen molar-refractivity contribution >= 4 is 52.5 Å². The molecule has 202 valence electrons. The second kappa shape index (κ2) is 11.4. The highest BCUT2D eigenvalue weighted by molar-refractivity contribution is 7.80. The molecule has 2 amide bonds. The lowest BCUT2D eigenvalue weighted by atomic mass is 10.1. The first-order chi connectivity index (χ1) is 19.3. The topological polar surface area (TPSA) is 72.8 Å². The van der Waals surface area contributed by atoms with E-state index in [-0.39, 0.29) is 10.7 Å². The van der Waals surface area contributed by atoms with E-state index >= 15 is 0 Å². The lowest BCUT2D eigenvalue weighted by molar-refractivity contribution is -0.122. The quantitative estimate of drug-likeness (QED) is 0.163. The maximum Gasteiger partial charge on any atom is 0.270 e. The van der Waals surface area contributed by atoms with E-state index in [1.54, 1.807) is 37.5 Å². The monoisotopic (exact) mass is 571 g/mol. The molecule has 1 aromatic heterocycles. The van der Waals surface area contributed by atoms with Gasteiger partial charge in [-0.05, 0) is 98.4 Å². The summed E-state index contributed by atoms with van der Waals surface area (Å²) in [4.78, 5) is 27.6. The van der Waals surface area contributed by atoms with Crippen LogP contribution in [-0.2, 0) is 16.2 Å². The Kier molecular flexibility index (Phi) is 7.73. The Labute approximate surface area is 242 Å². The summed E-state index contributed by atoms with van der Waals surface area (Å²) in [5.41, 5.74) is 4.93. The molecule has 0 spiro atoms. The van der Waals surface area contributed by atoms with Crippen LogP contribution in [0.4, 0.5) is 5.69 Å². The molecule has 0 aliphatic carbocycles. The SMILES string of the molecule is COc1ccc(N2C(=O)/C(=C/c3cc(C)n(-c4ccc(OCc5ccccc5Cl)cc4)c3C)C(=O)NC2=S)cc1. The third kappa shape index (κ3) is 5.36. The summed E-state index contributed by atoms with van der Waals surface area (Å²) in [6, 6.07) is 24.1. The second-order valence-corrected chi connectivity index (χ2v) is 9.99. The Morgan fingerprint density at radius 1 is 0.925 bits per heavy atom.